The lowest BCUT2D eigenvalue weighted by Crippen LogP contribution is -2.21. The highest BCUT2D eigenvalue weighted by Crippen LogP contribution is 2.29. The summed E-state index contributed by atoms with van der Waals surface area (Å²) in [5.74, 6) is 0.583. The van der Waals surface area contributed by atoms with Crippen molar-refractivity contribution in [3.8, 4) is 0 Å². The predicted molar refractivity (Wildman–Crippen MR) is 71.6 cm³/mol. The molecule has 1 N–H and O–H groups in total. The molecular formula is C15H20O3. The summed E-state index contributed by atoms with van der Waals surface area (Å²) in [6.07, 6.45) is -0.164. The van der Waals surface area contributed by atoms with Gasteiger partial charge in [0.15, 0.2) is 0 Å². The van der Waals surface area contributed by atoms with Crippen LogP contribution in [-0.4, -0.2) is 17.8 Å². The zero-order valence-corrected chi connectivity index (χ0v) is 11.1. The molecule has 0 radical (unpaired) electrons. The average Bonchev–Trinajstić information content (AvgIpc) is 2.80. The zero-order valence-electron chi connectivity index (χ0n) is 11.1. The Morgan fingerprint density at radius 3 is 2.72 bits per heavy atom. The van der Waals surface area contributed by atoms with Gasteiger partial charge >= 0.3 is 0 Å². The molecule has 3 nitrogen and oxygen atoms in total. The van der Waals surface area contributed by atoms with Crippen LogP contribution in [0.2, 0.25) is 0 Å². The lowest BCUT2D eigenvalue weighted by molar-refractivity contribution is -0.0435. The van der Waals surface area contributed by atoms with E-state index in [1.54, 1.807) is 0 Å². The van der Waals surface area contributed by atoms with Crippen molar-refractivity contribution in [1.82, 2.24) is 0 Å². The fraction of sp³-hybridized carbons (Fsp3) is 0.467. The van der Waals surface area contributed by atoms with E-state index in [2.05, 4.69) is 0 Å². The van der Waals surface area contributed by atoms with Gasteiger partial charge in [0.25, 0.3) is 0 Å². The highest BCUT2D eigenvalue weighted by molar-refractivity contribution is 5.80. The number of aliphatic hydroxyl groups is 1. The van der Waals surface area contributed by atoms with Gasteiger partial charge in [0.1, 0.15) is 17.4 Å². The summed E-state index contributed by atoms with van der Waals surface area (Å²) < 4.78 is 11.3. The summed E-state index contributed by atoms with van der Waals surface area (Å²) in [5, 5.41) is 11.3. The molecule has 1 aromatic carbocycles. The Labute approximate surface area is 107 Å². The SMILES string of the molecule is CCOC(CC)C(O)c1cc2cccc(C)c2o1. The monoisotopic (exact) mass is 248 g/mol. The molecule has 2 aromatic rings. The molecule has 0 fully saturated rings. The van der Waals surface area contributed by atoms with E-state index >= 15 is 0 Å². The van der Waals surface area contributed by atoms with E-state index in [1.807, 2.05) is 45.0 Å². The van der Waals surface area contributed by atoms with Crippen LogP contribution in [0.1, 0.15) is 37.7 Å². The van der Waals surface area contributed by atoms with Gasteiger partial charge in [0.2, 0.25) is 0 Å². The third-order valence-corrected chi connectivity index (χ3v) is 3.19. The topological polar surface area (TPSA) is 42.6 Å². The number of para-hydroxylation sites is 1. The van der Waals surface area contributed by atoms with E-state index in [0.717, 1.165) is 23.0 Å². The van der Waals surface area contributed by atoms with Crippen LogP contribution in [0.25, 0.3) is 11.0 Å². The fourth-order valence-electron chi connectivity index (χ4n) is 2.20. The Kier molecular flexibility index (Phi) is 4.04. The van der Waals surface area contributed by atoms with Crippen molar-refractivity contribution in [2.24, 2.45) is 0 Å². The largest absolute Gasteiger partial charge is 0.458 e. The first-order chi connectivity index (χ1) is 8.67. The second-order valence-corrected chi connectivity index (χ2v) is 4.49. The molecule has 1 heterocycles. The standard InChI is InChI=1S/C15H20O3/c1-4-12(17-5-2)14(16)13-9-11-8-6-7-10(3)15(11)18-13/h6-9,12,14,16H,4-5H2,1-3H3. The van der Waals surface area contributed by atoms with Crippen LogP contribution < -0.4 is 0 Å². The lowest BCUT2D eigenvalue weighted by Gasteiger charge is -2.19. The van der Waals surface area contributed by atoms with Gasteiger partial charge < -0.3 is 14.3 Å². The van der Waals surface area contributed by atoms with E-state index in [9.17, 15) is 5.11 Å². The van der Waals surface area contributed by atoms with E-state index in [1.165, 1.54) is 0 Å². The summed E-state index contributed by atoms with van der Waals surface area (Å²) in [6, 6.07) is 7.88. The Morgan fingerprint density at radius 1 is 1.33 bits per heavy atom. The molecule has 2 atom stereocenters. The van der Waals surface area contributed by atoms with Gasteiger partial charge in [-0.15, -0.1) is 0 Å². The highest BCUT2D eigenvalue weighted by Gasteiger charge is 2.23. The molecule has 3 heteroatoms. The molecule has 0 spiro atoms. The Bertz CT molecular complexity index is 515. The van der Waals surface area contributed by atoms with Gasteiger partial charge in [-0.2, -0.15) is 0 Å². The highest BCUT2D eigenvalue weighted by atomic mass is 16.5. The molecule has 0 saturated carbocycles. The van der Waals surface area contributed by atoms with E-state index in [0.29, 0.717) is 12.4 Å². The van der Waals surface area contributed by atoms with Crippen LogP contribution in [-0.2, 0) is 4.74 Å². The second kappa shape index (κ2) is 5.55. The number of rotatable bonds is 5. The van der Waals surface area contributed by atoms with Crippen LogP contribution in [0.5, 0.6) is 0 Å². The molecule has 1 aromatic heterocycles. The summed E-state index contributed by atoms with van der Waals surface area (Å²) >= 11 is 0. The van der Waals surface area contributed by atoms with Crippen molar-refractivity contribution in [1.29, 1.82) is 0 Å². The summed E-state index contributed by atoms with van der Waals surface area (Å²) in [5.41, 5.74) is 1.92. The third kappa shape index (κ3) is 2.42. The van der Waals surface area contributed by atoms with Crippen LogP contribution >= 0.6 is 0 Å². The smallest absolute Gasteiger partial charge is 0.138 e. The summed E-state index contributed by atoms with van der Waals surface area (Å²) in [7, 11) is 0. The fourth-order valence-corrected chi connectivity index (χ4v) is 2.20. The van der Waals surface area contributed by atoms with Crippen LogP contribution in [0.15, 0.2) is 28.7 Å². The van der Waals surface area contributed by atoms with Gasteiger partial charge in [-0.3, -0.25) is 0 Å². The van der Waals surface area contributed by atoms with Crippen molar-refractivity contribution in [2.75, 3.05) is 6.61 Å². The molecule has 18 heavy (non-hydrogen) atoms. The summed E-state index contributed by atoms with van der Waals surface area (Å²) in [6.45, 7) is 6.52. The first-order valence-corrected chi connectivity index (χ1v) is 6.46. The Hall–Kier alpha value is -1.32. The van der Waals surface area contributed by atoms with E-state index in [4.69, 9.17) is 9.15 Å². The number of hydrogen-bond donors (Lipinski definition) is 1. The van der Waals surface area contributed by atoms with Crippen LogP contribution in [0, 0.1) is 6.92 Å². The number of aliphatic hydroxyl groups excluding tert-OH is 1. The van der Waals surface area contributed by atoms with Gasteiger partial charge in [-0.25, -0.2) is 0 Å². The number of benzene rings is 1. The van der Waals surface area contributed by atoms with Gasteiger partial charge in [-0.05, 0) is 31.9 Å². The third-order valence-electron chi connectivity index (χ3n) is 3.19. The molecule has 0 aliphatic carbocycles. The molecule has 2 rings (SSSR count). The first-order valence-electron chi connectivity index (χ1n) is 6.46. The van der Waals surface area contributed by atoms with Crippen LogP contribution in [0.4, 0.5) is 0 Å². The van der Waals surface area contributed by atoms with Crippen molar-refractivity contribution in [2.45, 2.75) is 39.4 Å². The molecule has 0 bridgehead atoms. The number of furan rings is 1. The Balaban J connectivity index is 2.32. The minimum absolute atomic E-state index is 0.212. The minimum Gasteiger partial charge on any atom is -0.458 e. The molecule has 98 valence electrons. The van der Waals surface area contributed by atoms with Crippen molar-refractivity contribution < 1.29 is 14.3 Å². The molecule has 0 saturated heterocycles. The zero-order chi connectivity index (χ0) is 13.1. The average molecular weight is 248 g/mol. The molecule has 0 aliphatic rings. The molecule has 0 aliphatic heterocycles. The van der Waals surface area contributed by atoms with Crippen LogP contribution in [0.3, 0.4) is 0 Å². The number of ether oxygens (including phenoxy) is 1. The van der Waals surface area contributed by atoms with Crippen molar-refractivity contribution >= 4 is 11.0 Å². The van der Waals surface area contributed by atoms with Crippen molar-refractivity contribution in [3.05, 3.63) is 35.6 Å². The predicted octanol–water partition coefficient (Wildman–Crippen LogP) is 3.59. The van der Waals surface area contributed by atoms with E-state index < -0.39 is 6.10 Å². The quantitative estimate of drug-likeness (QED) is 0.879. The molecule has 2 unspecified atom stereocenters. The normalized spacial score (nSPS) is 14.9. The lowest BCUT2D eigenvalue weighted by atomic mass is 10.1. The maximum Gasteiger partial charge on any atom is 0.138 e. The molecule has 0 amide bonds. The maximum atomic E-state index is 10.3. The van der Waals surface area contributed by atoms with Gasteiger partial charge in [-0.1, -0.05) is 25.1 Å². The Morgan fingerprint density at radius 2 is 2.11 bits per heavy atom. The summed E-state index contributed by atoms with van der Waals surface area (Å²) in [4.78, 5) is 0. The van der Waals surface area contributed by atoms with Crippen molar-refractivity contribution in [3.63, 3.8) is 0 Å². The second-order valence-electron chi connectivity index (χ2n) is 4.49. The molecular weight excluding hydrogens is 228 g/mol. The number of hydrogen-bond acceptors (Lipinski definition) is 3. The maximum absolute atomic E-state index is 10.3. The van der Waals surface area contributed by atoms with E-state index in [-0.39, 0.29) is 6.10 Å². The number of aryl methyl sites for hydroxylation is 1. The minimum atomic E-state index is -0.707. The van der Waals surface area contributed by atoms with Gasteiger partial charge in [0.05, 0.1) is 6.10 Å². The first kappa shape index (κ1) is 13.1. The van der Waals surface area contributed by atoms with Gasteiger partial charge in [0, 0.05) is 12.0 Å². The number of fused-ring (bicyclic) bond motifs is 1.